The molecule has 126 valence electrons. The van der Waals surface area contributed by atoms with Gasteiger partial charge in [-0.05, 0) is 18.2 Å². The first-order valence-corrected chi connectivity index (χ1v) is 7.80. The van der Waals surface area contributed by atoms with E-state index in [4.69, 9.17) is 5.73 Å². The number of anilines is 1. The number of nitrogens with zero attached hydrogens (tertiary/aromatic N) is 5. The van der Waals surface area contributed by atoms with E-state index in [9.17, 15) is 10.2 Å². The highest BCUT2D eigenvalue weighted by Crippen LogP contribution is 2.35. The molecule has 1 aromatic carbocycles. The van der Waals surface area contributed by atoms with Crippen LogP contribution in [0.4, 0.5) is 5.82 Å². The zero-order valence-electron chi connectivity index (χ0n) is 13.3. The van der Waals surface area contributed by atoms with Crippen LogP contribution in [0.2, 0.25) is 0 Å². The van der Waals surface area contributed by atoms with Gasteiger partial charge in [-0.25, -0.2) is 9.97 Å². The molecule has 0 fully saturated rings. The van der Waals surface area contributed by atoms with Crippen molar-refractivity contribution in [3.63, 3.8) is 0 Å². The van der Waals surface area contributed by atoms with Crippen molar-refractivity contribution in [2.45, 2.75) is 0 Å². The monoisotopic (exact) mass is 344 g/mol. The molecule has 0 bridgehead atoms. The molecule has 0 unspecified atom stereocenters. The van der Waals surface area contributed by atoms with E-state index in [0.29, 0.717) is 27.9 Å². The number of phenols is 2. The van der Waals surface area contributed by atoms with Crippen LogP contribution in [0.25, 0.3) is 38.5 Å². The fraction of sp³-hybridized carbons (Fsp3) is 0. The minimum Gasteiger partial charge on any atom is -0.504 e. The molecular formula is C18H12N6O2. The molecule has 0 atom stereocenters. The van der Waals surface area contributed by atoms with Crippen LogP contribution in [-0.2, 0) is 0 Å². The van der Waals surface area contributed by atoms with Crippen LogP contribution in [0, 0.1) is 0 Å². The third-order valence-electron chi connectivity index (χ3n) is 4.39. The van der Waals surface area contributed by atoms with Gasteiger partial charge in [-0.2, -0.15) is 0 Å². The first-order valence-electron chi connectivity index (χ1n) is 7.80. The number of phenolic OH excluding ortho intramolecular Hbond substituents is 2. The molecule has 0 aliphatic rings. The number of benzene rings is 1. The van der Waals surface area contributed by atoms with Gasteiger partial charge in [0.25, 0.3) is 0 Å². The lowest BCUT2D eigenvalue weighted by molar-refractivity contribution is 0.405. The Morgan fingerprint density at radius 2 is 1.73 bits per heavy atom. The molecule has 4 aromatic heterocycles. The summed E-state index contributed by atoms with van der Waals surface area (Å²) in [5.41, 5.74) is 8.30. The van der Waals surface area contributed by atoms with Gasteiger partial charge in [0.1, 0.15) is 23.5 Å². The van der Waals surface area contributed by atoms with E-state index in [1.54, 1.807) is 24.9 Å². The molecule has 0 saturated heterocycles. The molecule has 0 spiro atoms. The van der Waals surface area contributed by atoms with Crippen LogP contribution in [0.5, 0.6) is 11.5 Å². The largest absolute Gasteiger partial charge is 0.504 e. The Hall–Kier alpha value is -3.94. The Bertz CT molecular complexity index is 1330. The lowest BCUT2D eigenvalue weighted by atomic mass is 10.1. The molecule has 0 aliphatic heterocycles. The molecule has 0 radical (unpaired) electrons. The Balaban J connectivity index is 1.87. The predicted octanol–water partition coefficient (Wildman–Crippen LogP) is 2.51. The summed E-state index contributed by atoms with van der Waals surface area (Å²) in [5, 5.41) is 21.7. The summed E-state index contributed by atoms with van der Waals surface area (Å²) in [6.45, 7) is 0. The molecule has 4 heterocycles. The predicted molar refractivity (Wildman–Crippen MR) is 97.2 cm³/mol. The Kier molecular flexibility index (Phi) is 2.79. The van der Waals surface area contributed by atoms with E-state index in [0.717, 1.165) is 16.4 Å². The van der Waals surface area contributed by atoms with E-state index in [1.165, 1.54) is 12.1 Å². The fourth-order valence-corrected chi connectivity index (χ4v) is 3.11. The van der Waals surface area contributed by atoms with E-state index in [1.807, 2.05) is 16.7 Å². The van der Waals surface area contributed by atoms with Crippen LogP contribution in [0.1, 0.15) is 0 Å². The van der Waals surface area contributed by atoms with Gasteiger partial charge in [-0.15, -0.1) is 0 Å². The van der Waals surface area contributed by atoms with Gasteiger partial charge in [-0.1, -0.05) is 0 Å². The van der Waals surface area contributed by atoms with Crippen LogP contribution >= 0.6 is 0 Å². The molecular weight excluding hydrogens is 332 g/mol. The Morgan fingerprint density at radius 3 is 2.62 bits per heavy atom. The topological polar surface area (TPSA) is 123 Å². The fourth-order valence-electron chi connectivity index (χ4n) is 3.11. The van der Waals surface area contributed by atoms with Crippen molar-refractivity contribution in [1.82, 2.24) is 24.5 Å². The number of hydrogen-bond acceptors (Lipinski definition) is 7. The van der Waals surface area contributed by atoms with Crippen LogP contribution < -0.4 is 5.73 Å². The average Bonchev–Trinajstić information content (AvgIpc) is 3.07. The molecule has 5 aromatic rings. The normalized spacial score (nSPS) is 11.5. The maximum atomic E-state index is 9.89. The van der Waals surface area contributed by atoms with Crippen molar-refractivity contribution in [3.05, 3.63) is 49.2 Å². The van der Waals surface area contributed by atoms with Gasteiger partial charge in [0.05, 0.1) is 17.2 Å². The highest BCUT2D eigenvalue weighted by atomic mass is 16.3. The number of aromatic hydroxyl groups is 2. The number of nitrogens with two attached hydrogens (primary N) is 1. The van der Waals surface area contributed by atoms with Gasteiger partial charge in [0.15, 0.2) is 11.5 Å². The SMILES string of the molecule is Nc1nc(-n2cnc3cnccc32)cc2c1cnc1cc(O)c(O)cc12. The van der Waals surface area contributed by atoms with E-state index < -0.39 is 0 Å². The van der Waals surface area contributed by atoms with Crippen LogP contribution in [-0.4, -0.2) is 34.7 Å². The standard InChI is InChI=1S/C18H12N6O2/c19-18-11-6-21-12-5-16(26)15(25)3-10(12)9(11)4-17(23-18)24-8-22-13-7-20-2-1-14(13)24/h1-8,25-26H,(H2,19,23). The number of nitrogen functional groups attached to an aromatic ring is 1. The second-order valence-electron chi connectivity index (χ2n) is 5.92. The Labute approximate surface area is 146 Å². The third-order valence-corrected chi connectivity index (χ3v) is 4.39. The number of hydrogen-bond donors (Lipinski definition) is 3. The summed E-state index contributed by atoms with van der Waals surface area (Å²) >= 11 is 0. The number of imidazole rings is 1. The Morgan fingerprint density at radius 1 is 0.885 bits per heavy atom. The van der Waals surface area contributed by atoms with Crippen molar-refractivity contribution >= 4 is 38.5 Å². The molecule has 0 amide bonds. The third kappa shape index (κ3) is 1.95. The molecule has 5 rings (SSSR count). The number of rotatable bonds is 1. The van der Waals surface area contributed by atoms with Gasteiger partial charge >= 0.3 is 0 Å². The highest BCUT2D eigenvalue weighted by molar-refractivity contribution is 6.10. The van der Waals surface area contributed by atoms with Crippen molar-refractivity contribution in [3.8, 4) is 17.3 Å². The maximum absolute atomic E-state index is 9.89. The minimum absolute atomic E-state index is 0.220. The summed E-state index contributed by atoms with van der Waals surface area (Å²) in [6, 6.07) is 6.59. The number of pyridine rings is 3. The van der Waals surface area contributed by atoms with Gasteiger partial charge in [0.2, 0.25) is 0 Å². The van der Waals surface area contributed by atoms with Gasteiger partial charge < -0.3 is 15.9 Å². The molecule has 0 saturated carbocycles. The molecule has 8 nitrogen and oxygen atoms in total. The first-order chi connectivity index (χ1) is 12.6. The maximum Gasteiger partial charge on any atom is 0.159 e. The van der Waals surface area contributed by atoms with E-state index in [-0.39, 0.29) is 11.5 Å². The zero-order valence-corrected chi connectivity index (χ0v) is 13.3. The number of fused-ring (bicyclic) bond motifs is 4. The van der Waals surface area contributed by atoms with E-state index >= 15 is 0 Å². The quantitative estimate of drug-likeness (QED) is 0.315. The van der Waals surface area contributed by atoms with Crippen molar-refractivity contribution in [1.29, 1.82) is 0 Å². The summed E-state index contributed by atoms with van der Waals surface area (Å²) in [5.74, 6) is 0.460. The zero-order chi connectivity index (χ0) is 17.8. The second kappa shape index (κ2) is 5.03. The minimum atomic E-state index is -0.222. The molecule has 4 N–H and O–H groups in total. The van der Waals surface area contributed by atoms with Crippen molar-refractivity contribution < 1.29 is 10.2 Å². The second-order valence-corrected chi connectivity index (χ2v) is 5.92. The summed E-state index contributed by atoms with van der Waals surface area (Å²) in [7, 11) is 0. The lowest BCUT2D eigenvalue weighted by Gasteiger charge is -2.10. The number of aromatic nitrogens is 5. The molecule has 26 heavy (non-hydrogen) atoms. The highest BCUT2D eigenvalue weighted by Gasteiger charge is 2.13. The first kappa shape index (κ1) is 14.4. The average molecular weight is 344 g/mol. The summed E-state index contributed by atoms with van der Waals surface area (Å²) in [4.78, 5) is 17.2. The van der Waals surface area contributed by atoms with Crippen molar-refractivity contribution in [2.75, 3.05) is 5.73 Å². The van der Waals surface area contributed by atoms with Gasteiger partial charge in [-0.3, -0.25) is 14.5 Å². The van der Waals surface area contributed by atoms with Crippen LogP contribution in [0.3, 0.4) is 0 Å². The van der Waals surface area contributed by atoms with Crippen LogP contribution in [0.15, 0.2) is 49.2 Å². The van der Waals surface area contributed by atoms with E-state index in [2.05, 4.69) is 19.9 Å². The smallest absolute Gasteiger partial charge is 0.159 e. The van der Waals surface area contributed by atoms with Crippen molar-refractivity contribution in [2.24, 2.45) is 0 Å². The molecule has 8 heteroatoms. The van der Waals surface area contributed by atoms with Gasteiger partial charge in [0, 0.05) is 34.6 Å². The lowest BCUT2D eigenvalue weighted by Crippen LogP contribution is -2.01. The summed E-state index contributed by atoms with van der Waals surface area (Å²) < 4.78 is 1.82. The summed E-state index contributed by atoms with van der Waals surface area (Å²) in [6.07, 6.45) is 6.63. The molecule has 0 aliphatic carbocycles.